The molecule has 0 saturated heterocycles. The van der Waals surface area contributed by atoms with Gasteiger partial charge in [-0.1, -0.05) is 19.1 Å². The highest BCUT2D eigenvalue weighted by Gasteiger charge is 2.14. The van der Waals surface area contributed by atoms with Crippen molar-refractivity contribution in [1.82, 2.24) is 0 Å². The number of likely N-dealkylation sites (N-methyl/N-ethyl adjacent to an activating group) is 1. The second kappa shape index (κ2) is 5.17. The molecule has 1 rings (SSSR count). The predicted molar refractivity (Wildman–Crippen MR) is 65.4 cm³/mol. The van der Waals surface area contributed by atoms with Gasteiger partial charge in [0.2, 0.25) is 0 Å². The summed E-state index contributed by atoms with van der Waals surface area (Å²) in [5, 5.41) is 9.51. The second-order valence-corrected chi connectivity index (χ2v) is 4.11. The third-order valence-corrected chi connectivity index (χ3v) is 3.06. The third-order valence-electron chi connectivity index (χ3n) is 3.06. The fourth-order valence-electron chi connectivity index (χ4n) is 1.53. The van der Waals surface area contributed by atoms with Crippen molar-refractivity contribution in [3.63, 3.8) is 0 Å². The summed E-state index contributed by atoms with van der Waals surface area (Å²) in [6, 6.07) is 8.63. The number of rotatable bonds is 4. The maximum atomic E-state index is 9.51. The lowest BCUT2D eigenvalue weighted by molar-refractivity contribution is 0.168. The van der Waals surface area contributed by atoms with Crippen LogP contribution in [0, 0.1) is 0 Å². The van der Waals surface area contributed by atoms with Crippen molar-refractivity contribution in [3.05, 3.63) is 29.8 Å². The zero-order chi connectivity index (χ0) is 11.4. The van der Waals surface area contributed by atoms with E-state index in [1.165, 1.54) is 5.56 Å². The summed E-state index contributed by atoms with van der Waals surface area (Å²) in [4.78, 5) is 2.10. The van der Waals surface area contributed by atoms with Gasteiger partial charge in [0, 0.05) is 12.7 Å². The standard InChI is InChI=1S/C13H21NO/c1-5-12-6-8-13(9-7-12)14(4)10(2)11(3)15/h6-11,15H,5H2,1-4H3. The van der Waals surface area contributed by atoms with E-state index in [2.05, 4.69) is 36.1 Å². The van der Waals surface area contributed by atoms with Crippen molar-refractivity contribution in [2.45, 2.75) is 39.3 Å². The van der Waals surface area contributed by atoms with E-state index in [0.29, 0.717) is 0 Å². The maximum absolute atomic E-state index is 9.51. The summed E-state index contributed by atoms with van der Waals surface area (Å²) in [6.07, 6.45) is 0.747. The summed E-state index contributed by atoms with van der Waals surface area (Å²) in [7, 11) is 2.01. The number of aliphatic hydroxyl groups is 1. The lowest BCUT2D eigenvalue weighted by atomic mass is 10.1. The highest BCUT2D eigenvalue weighted by molar-refractivity contribution is 5.47. The molecule has 0 aliphatic heterocycles. The molecule has 1 aromatic rings. The molecular weight excluding hydrogens is 186 g/mol. The van der Waals surface area contributed by atoms with Gasteiger partial charge in [-0.05, 0) is 38.0 Å². The van der Waals surface area contributed by atoms with E-state index in [-0.39, 0.29) is 12.1 Å². The quantitative estimate of drug-likeness (QED) is 0.819. The van der Waals surface area contributed by atoms with E-state index in [9.17, 15) is 5.11 Å². The molecule has 0 aromatic heterocycles. The molecule has 2 nitrogen and oxygen atoms in total. The molecule has 15 heavy (non-hydrogen) atoms. The minimum absolute atomic E-state index is 0.137. The van der Waals surface area contributed by atoms with Crippen molar-refractivity contribution in [2.24, 2.45) is 0 Å². The van der Waals surface area contributed by atoms with Crippen molar-refractivity contribution < 1.29 is 5.11 Å². The van der Waals surface area contributed by atoms with E-state index in [0.717, 1.165) is 12.1 Å². The topological polar surface area (TPSA) is 23.5 Å². The highest BCUT2D eigenvalue weighted by atomic mass is 16.3. The summed E-state index contributed by atoms with van der Waals surface area (Å²) in [5.74, 6) is 0. The number of benzene rings is 1. The van der Waals surface area contributed by atoms with Crippen LogP contribution >= 0.6 is 0 Å². The minimum atomic E-state index is -0.319. The number of hydrogen-bond acceptors (Lipinski definition) is 2. The van der Waals surface area contributed by atoms with E-state index in [1.807, 2.05) is 20.9 Å². The van der Waals surface area contributed by atoms with Gasteiger partial charge < -0.3 is 10.0 Å². The predicted octanol–water partition coefficient (Wildman–Crippen LogP) is 2.45. The second-order valence-electron chi connectivity index (χ2n) is 4.11. The summed E-state index contributed by atoms with van der Waals surface area (Å²) < 4.78 is 0. The monoisotopic (exact) mass is 207 g/mol. The van der Waals surface area contributed by atoms with Crippen LogP contribution in [0.2, 0.25) is 0 Å². The van der Waals surface area contributed by atoms with Crippen LogP contribution in [0.5, 0.6) is 0 Å². The molecule has 0 heterocycles. The molecule has 1 N–H and O–H groups in total. The Morgan fingerprint density at radius 1 is 1.20 bits per heavy atom. The largest absolute Gasteiger partial charge is 0.391 e. The Labute approximate surface area is 92.5 Å². The third kappa shape index (κ3) is 2.96. The average Bonchev–Trinajstić information content (AvgIpc) is 2.27. The minimum Gasteiger partial charge on any atom is -0.391 e. The van der Waals surface area contributed by atoms with Gasteiger partial charge in [0.25, 0.3) is 0 Å². The van der Waals surface area contributed by atoms with Gasteiger partial charge in [-0.15, -0.1) is 0 Å². The van der Waals surface area contributed by atoms with Crippen LogP contribution in [0.25, 0.3) is 0 Å². The molecule has 0 aliphatic carbocycles. The Hall–Kier alpha value is -1.02. The molecule has 84 valence electrons. The van der Waals surface area contributed by atoms with Crippen LogP contribution in [-0.2, 0) is 6.42 Å². The normalized spacial score (nSPS) is 14.7. The van der Waals surface area contributed by atoms with Crippen LogP contribution in [-0.4, -0.2) is 24.3 Å². The van der Waals surface area contributed by atoms with Gasteiger partial charge in [-0.25, -0.2) is 0 Å². The lowest BCUT2D eigenvalue weighted by Gasteiger charge is -2.29. The van der Waals surface area contributed by atoms with E-state index in [4.69, 9.17) is 0 Å². The van der Waals surface area contributed by atoms with Gasteiger partial charge in [0.15, 0.2) is 0 Å². The Morgan fingerprint density at radius 3 is 2.13 bits per heavy atom. The molecule has 0 fully saturated rings. The SMILES string of the molecule is CCc1ccc(N(C)C(C)C(C)O)cc1. The molecule has 0 spiro atoms. The van der Waals surface area contributed by atoms with Gasteiger partial charge in [-0.2, -0.15) is 0 Å². The first-order valence-corrected chi connectivity index (χ1v) is 5.56. The van der Waals surface area contributed by atoms with E-state index in [1.54, 1.807) is 0 Å². The van der Waals surface area contributed by atoms with Crippen LogP contribution in [0.4, 0.5) is 5.69 Å². The highest BCUT2D eigenvalue weighted by Crippen LogP contribution is 2.17. The number of anilines is 1. The smallest absolute Gasteiger partial charge is 0.0712 e. The zero-order valence-electron chi connectivity index (χ0n) is 10.1. The molecule has 0 saturated carbocycles. The first-order chi connectivity index (χ1) is 7.06. The molecule has 2 atom stereocenters. The summed E-state index contributed by atoms with van der Waals surface area (Å²) in [5.41, 5.74) is 2.50. The maximum Gasteiger partial charge on any atom is 0.0712 e. The van der Waals surface area contributed by atoms with Crippen LogP contribution in [0.15, 0.2) is 24.3 Å². The Bertz CT molecular complexity index is 292. The van der Waals surface area contributed by atoms with Crippen molar-refractivity contribution in [2.75, 3.05) is 11.9 Å². The molecule has 0 aliphatic rings. The van der Waals surface area contributed by atoms with Crippen molar-refractivity contribution in [3.8, 4) is 0 Å². The first-order valence-electron chi connectivity index (χ1n) is 5.56. The lowest BCUT2D eigenvalue weighted by Crippen LogP contribution is -2.37. The van der Waals surface area contributed by atoms with Crippen molar-refractivity contribution >= 4 is 5.69 Å². The number of aliphatic hydroxyl groups excluding tert-OH is 1. The number of nitrogens with zero attached hydrogens (tertiary/aromatic N) is 1. The molecule has 2 unspecified atom stereocenters. The zero-order valence-corrected chi connectivity index (χ0v) is 10.1. The summed E-state index contributed by atoms with van der Waals surface area (Å²) in [6.45, 7) is 6.00. The van der Waals surface area contributed by atoms with Crippen LogP contribution < -0.4 is 4.90 Å². The van der Waals surface area contributed by atoms with Crippen molar-refractivity contribution in [1.29, 1.82) is 0 Å². The Balaban J connectivity index is 2.78. The van der Waals surface area contributed by atoms with Gasteiger partial charge in [-0.3, -0.25) is 0 Å². The molecule has 1 aromatic carbocycles. The van der Waals surface area contributed by atoms with E-state index >= 15 is 0 Å². The van der Waals surface area contributed by atoms with Gasteiger partial charge >= 0.3 is 0 Å². The molecule has 2 heteroatoms. The fraction of sp³-hybridized carbons (Fsp3) is 0.538. The molecule has 0 radical (unpaired) electrons. The summed E-state index contributed by atoms with van der Waals surface area (Å²) >= 11 is 0. The fourth-order valence-corrected chi connectivity index (χ4v) is 1.53. The number of aryl methyl sites for hydroxylation is 1. The van der Waals surface area contributed by atoms with Gasteiger partial charge in [0.1, 0.15) is 0 Å². The van der Waals surface area contributed by atoms with Crippen LogP contribution in [0.3, 0.4) is 0 Å². The number of hydrogen-bond donors (Lipinski definition) is 1. The van der Waals surface area contributed by atoms with E-state index < -0.39 is 0 Å². The van der Waals surface area contributed by atoms with Gasteiger partial charge in [0.05, 0.1) is 12.1 Å². The Morgan fingerprint density at radius 2 is 1.73 bits per heavy atom. The molecule has 0 bridgehead atoms. The average molecular weight is 207 g/mol. The molecule has 0 amide bonds. The molecular formula is C13H21NO. The first kappa shape index (κ1) is 12.1. The van der Waals surface area contributed by atoms with Crippen LogP contribution in [0.1, 0.15) is 26.3 Å². The Kier molecular flexibility index (Phi) is 4.15.